The van der Waals surface area contributed by atoms with Gasteiger partial charge in [-0.3, -0.25) is 9.69 Å². The molecule has 0 bridgehead atoms. The summed E-state index contributed by atoms with van der Waals surface area (Å²) in [5.41, 5.74) is 1.38. The van der Waals surface area contributed by atoms with E-state index in [0.717, 1.165) is 4.47 Å². The quantitative estimate of drug-likeness (QED) is 0.503. The standard InChI is InChI=1S/C19H15BrN2O5S/c1-26-14-5-3-13(4-6-14)22-18(25)15(21-19(22)28)9-11-8-12(20)2-7-16(11)27-10-17(23)24/h2-9H,10H2,1H3,(H,21,28)(H,23,24). The van der Waals surface area contributed by atoms with Crippen molar-refractivity contribution in [1.82, 2.24) is 5.32 Å². The molecule has 28 heavy (non-hydrogen) atoms. The molecule has 1 aliphatic heterocycles. The predicted octanol–water partition coefficient (Wildman–Crippen LogP) is 3.18. The van der Waals surface area contributed by atoms with E-state index in [4.69, 9.17) is 26.8 Å². The molecule has 1 heterocycles. The van der Waals surface area contributed by atoms with E-state index < -0.39 is 12.6 Å². The zero-order valence-electron chi connectivity index (χ0n) is 14.6. The lowest BCUT2D eigenvalue weighted by atomic mass is 10.1. The molecule has 0 atom stereocenters. The van der Waals surface area contributed by atoms with Crippen molar-refractivity contribution < 1.29 is 24.2 Å². The van der Waals surface area contributed by atoms with Crippen LogP contribution in [-0.2, 0) is 9.59 Å². The van der Waals surface area contributed by atoms with Crippen LogP contribution in [0.4, 0.5) is 5.69 Å². The molecule has 1 aliphatic rings. The number of methoxy groups -OCH3 is 1. The van der Waals surface area contributed by atoms with Gasteiger partial charge in [-0.25, -0.2) is 4.79 Å². The average molecular weight is 463 g/mol. The zero-order valence-corrected chi connectivity index (χ0v) is 17.0. The van der Waals surface area contributed by atoms with Crippen LogP contribution in [0.1, 0.15) is 5.56 Å². The third-order valence-corrected chi connectivity index (χ3v) is 4.61. The molecule has 2 N–H and O–H groups in total. The maximum absolute atomic E-state index is 12.9. The summed E-state index contributed by atoms with van der Waals surface area (Å²) >= 11 is 8.66. The summed E-state index contributed by atoms with van der Waals surface area (Å²) in [7, 11) is 1.56. The number of halogens is 1. The third-order valence-electron chi connectivity index (χ3n) is 3.83. The number of amides is 1. The lowest BCUT2D eigenvalue weighted by Gasteiger charge is -2.14. The van der Waals surface area contributed by atoms with E-state index >= 15 is 0 Å². The minimum absolute atomic E-state index is 0.240. The Hall–Kier alpha value is -2.91. The summed E-state index contributed by atoms with van der Waals surface area (Å²) in [6.45, 7) is -0.491. The lowest BCUT2D eigenvalue weighted by molar-refractivity contribution is -0.139. The molecule has 2 aromatic carbocycles. The lowest BCUT2D eigenvalue weighted by Crippen LogP contribution is -2.30. The number of ether oxygens (including phenoxy) is 2. The van der Waals surface area contributed by atoms with Gasteiger partial charge in [0.2, 0.25) is 0 Å². The Bertz CT molecular complexity index is 975. The van der Waals surface area contributed by atoms with Gasteiger partial charge in [0.15, 0.2) is 11.7 Å². The minimum atomic E-state index is -1.09. The fourth-order valence-corrected chi connectivity index (χ4v) is 3.24. The second-order valence-corrected chi connectivity index (χ2v) is 6.99. The first-order valence-electron chi connectivity index (χ1n) is 8.04. The van der Waals surface area contributed by atoms with Gasteiger partial charge in [-0.15, -0.1) is 0 Å². The number of carboxylic acids is 1. The number of aliphatic carboxylic acids is 1. The Morgan fingerprint density at radius 3 is 2.64 bits per heavy atom. The fourth-order valence-electron chi connectivity index (χ4n) is 2.56. The van der Waals surface area contributed by atoms with Crippen molar-refractivity contribution in [2.75, 3.05) is 18.6 Å². The van der Waals surface area contributed by atoms with Gasteiger partial charge in [0.1, 0.15) is 17.2 Å². The molecule has 0 aromatic heterocycles. The number of carbonyl (C=O) groups is 2. The molecule has 1 fully saturated rings. The first-order chi connectivity index (χ1) is 13.4. The zero-order chi connectivity index (χ0) is 20.3. The normalized spacial score (nSPS) is 14.9. The van der Waals surface area contributed by atoms with Crippen molar-refractivity contribution in [2.45, 2.75) is 0 Å². The summed E-state index contributed by atoms with van der Waals surface area (Å²) in [6.07, 6.45) is 1.57. The minimum Gasteiger partial charge on any atom is -0.497 e. The van der Waals surface area contributed by atoms with Crippen LogP contribution in [0.5, 0.6) is 11.5 Å². The first kappa shape index (κ1) is 19.8. The highest BCUT2D eigenvalue weighted by Gasteiger charge is 2.32. The molecule has 0 spiro atoms. The van der Waals surface area contributed by atoms with Crippen LogP contribution in [0.3, 0.4) is 0 Å². The summed E-state index contributed by atoms with van der Waals surface area (Å²) in [6, 6.07) is 12.0. The van der Waals surface area contributed by atoms with Crippen molar-refractivity contribution in [3.63, 3.8) is 0 Å². The Morgan fingerprint density at radius 2 is 2.00 bits per heavy atom. The number of rotatable bonds is 6. The van der Waals surface area contributed by atoms with Gasteiger partial charge in [0.25, 0.3) is 5.91 Å². The van der Waals surface area contributed by atoms with Gasteiger partial charge in [0, 0.05) is 10.0 Å². The molecule has 7 nitrogen and oxygen atoms in total. The van der Waals surface area contributed by atoms with Crippen LogP contribution in [0, 0.1) is 0 Å². The van der Waals surface area contributed by atoms with Gasteiger partial charge in [-0.1, -0.05) is 15.9 Å². The average Bonchev–Trinajstić information content (AvgIpc) is 2.94. The number of benzene rings is 2. The highest BCUT2D eigenvalue weighted by Crippen LogP contribution is 2.28. The fraction of sp³-hybridized carbons (Fsp3) is 0.105. The van der Waals surface area contributed by atoms with Gasteiger partial charge in [0.05, 0.1) is 12.8 Å². The molecule has 0 aliphatic carbocycles. The summed E-state index contributed by atoms with van der Waals surface area (Å²) in [4.78, 5) is 25.0. The van der Waals surface area contributed by atoms with Crippen molar-refractivity contribution in [3.8, 4) is 11.5 Å². The van der Waals surface area contributed by atoms with E-state index in [1.54, 1.807) is 55.7 Å². The topological polar surface area (TPSA) is 88.1 Å². The molecule has 9 heteroatoms. The Kier molecular flexibility index (Phi) is 5.96. The van der Waals surface area contributed by atoms with Crippen molar-refractivity contribution in [3.05, 3.63) is 58.2 Å². The highest BCUT2D eigenvalue weighted by atomic mass is 79.9. The SMILES string of the molecule is COc1ccc(N2C(=O)C(=Cc3cc(Br)ccc3OCC(=O)O)NC2=S)cc1. The number of hydrogen-bond acceptors (Lipinski definition) is 5. The Labute approximate surface area is 174 Å². The monoisotopic (exact) mass is 462 g/mol. The maximum atomic E-state index is 12.9. The number of hydrogen-bond donors (Lipinski definition) is 2. The van der Waals surface area contributed by atoms with Gasteiger partial charge in [-0.2, -0.15) is 0 Å². The number of carbonyl (C=O) groups excluding carboxylic acids is 1. The van der Waals surface area contributed by atoms with E-state index in [0.29, 0.717) is 22.7 Å². The van der Waals surface area contributed by atoms with Gasteiger partial charge < -0.3 is 19.9 Å². The van der Waals surface area contributed by atoms with Crippen LogP contribution >= 0.6 is 28.1 Å². The second kappa shape index (κ2) is 8.41. The predicted molar refractivity (Wildman–Crippen MR) is 111 cm³/mol. The summed E-state index contributed by atoms with van der Waals surface area (Å²) < 4.78 is 11.2. The molecule has 2 aromatic rings. The van der Waals surface area contributed by atoms with E-state index in [2.05, 4.69) is 21.2 Å². The second-order valence-electron chi connectivity index (χ2n) is 5.69. The van der Waals surface area contributed by atoms with Crippen LogP contribution in [-0.4, -0.2) is 35.8 Å². The molecule has 1 amide bonds. The summed E-state index contributed by atoms with van der Waals surface area (Å²) in [5, 5.41) is 12.0. The first-order valence-corrected chi connectivity index (χ1v) is 9.24. The van der Waals surface area contributed by atoms with Gasteiger partial charge in [-0.05, 0) is 60.8 Å². The number of nitrogens with one attached hydrogen (secondary N) is 1. The number of thiocarbonyl (C=S) groups is 1. The number of anilines is 1. The number of nitrogens with zero attached hydrogens (tertiary/aromatic N) is 1. The smallest absolute Gasteiger partial charge is 0.341 e. The van der Waals surface area contributed by atoms with Crippen LogP contribution in [0.25, 0.3) is 6.08 Å². The summed E-state index contributed by atoms with van der Waals surface area (Å²) in [5.74, 6) is -0.427. The van der Waals surface area contributed by atoms with Crippen LogP contribution < -0.4 is 19.7 Å². The molecule has 0 radical (unpaired) electrons. The maximum Gasteiger partial charge on any atom is 0.341 e. The molecule has 0 unspecified atom stereocenters. The molecule has 1 saturated heterocycles. The third kappa shape index (κ3) is 4.32. The van der Waals surface area contributed by atoms with E-state index in [9.17, 15) is 9.59 Å². The molecular formula is C19H15BrN2O5S. The molecule has 3 rings (SSSR count). The van der Waals surface area contributed by atoms with Crippen molar-refractivity contribution in [2.24, 2.45) is 0 Å². The molecule has 0 saturated carbocycles. The Balaban J connectivity index is 1.91. The van der Waals surface area contributed by atoms with Gasteiger partial charge >= 0.3 is 5.97 Å². The van der Waals surface area contributed by atoms with Crippen LogP contribution in [0.2, 0.25) is 0 Å². The number of carboxylic acid groups (broad SMARTS) is 1. The Morgan fingerprint density at radius 1 is 1.29 bits per heavy atom. The van der Waals surface area contributed by atoms with Crippen LogP contribution in [0.15, 0.2) is 52.6 Å². The van der Waals surface area contributed by atoms with E-state index in [1.807, 2.05) is 0 Å². The van der Waals surface area contributed by atoms with Crippen molar-refractivity contribution in [1.29, 1.82) is 0 Å². The largest absolute Gasteiger partial charge is 0.497 e. The molecule has 144 valence electrons. The van der Waals surface area contributed by atoms with Crippen molar-refractivity contribution >= 4 is 56.9 Å². The highest BCUT2D eigenvalue weighted by molar-refractivity contribution is 9.10. The molecular weight excluding hydrogens is 448 g/mol. The van der Waals surface area contributed by atoms with E-state index in [1.165, 1.54) is 4.90 Å². The van der Waals surface area contributed by atoms with E-state index in [-0.39, 0.29) is 16.7 Å².